The number of nitrogens with zero attached hydrogens (tertiary/aromatic N) is 1. The van der Waals surface area contributed by atoms with E-state index in [-0.39, 0.29) is 18.2 Å². The third-order valence-electron chi connectivity index (χ3n) is 9.45. The molecule has 0 rings (SSSR count). The summed E-state index contributed by atoms with van der Waals surface area (Å²) in [6.45, 7) is 8.37. The molecule has 0 heterocycles. The summed E-state index contributed by atoms with van der Waals surface area (Å²) in [6, 6.07) is 0. The van der Waals surface area contributed by atoms with Crippen LogP contribution in [0.25, 0.3) is 0 Å². The van der Waals surface area contributed by atoms with E-state index in [1.165, 1.54) is 116 Å². The maximum atomic E-state index is 12.4. The van der Waals surface area contributed by atoms with Crippen LogP contribution in [0.3, 0.4) is 0 Å². The Bertz CT molecular complexity index is 885. The van der Waals surface area contributed by atoms with Crippen LogP contribution in [0.2, 0.25) is 0 Å². The number of carbonyl (C=O) groups excluding carboxylic acids is 2. The number of unbranched alkanes of at least 4 members (excludes halogenated alkanes) is 18. The predicted octanol–water partition coefficient (Wildman–Crippen LogP) is 13.3. The predicted molar refractivity (Wildman–Crippen MR) is 225 cm³/mol. The van der Waals surface area contributed by atoms with Gasteiger partial charge in [-0.25, -0.2) is 4.79 Å². The molecule has 53 heavy (non-hydrogen) atoms. The molecular formula is C46H85NO6. The second-order valence-corrected chi connectivity index (χ2v) is 15.1. The summed E-state index contributed by atoms with van der Waals surface area (Å²) in [5.74, 6) is -0.178. The average Bonchev–Trinajstić information content (AvgIpc) is 3.13. The highest BCUT2D eigenvalue weighted by molar-refractivity contribution is 5.66. The molecule has 7 nitrogen and oxygen atoms in total. The lowest BCUT2D eigenvalue weighted by Crippen LogP contribution is -2.25. The zero-order chi connectivity index (χ0) is 38.9. The summed E-state index contributed by atoms with van der Waals surface area (Å²) in [6.07, 6.45) is 43.8. The molecule has 0 saturated heterocycles. The largest absolute Gasteiger partial charge is 0.508 e. The van der Waals surface area contributed by atoms with Crippen LogP contribution in [0.15, 0.2) is 36.5 Å². The molecule has 310 valence electrons. The van der Waals surface area contributed by atoms with E-state index in [0.717, 1.165) is 70.8 Å². The van der Waals surface area contributed by atoms with Crippen LogP contribution in [-0.4, -0.2) is 69.7 Å². The van der Waals surface area contributed by atoms with Gasteiger partial charge < -0.3 is 23.8 Å². The highest BCUT2D eigenvalue weighted by atomic mass is 16.7. The monoisotopic (exact) mass is 748 g/mol. The normalized spacial score (nSPS) is 13.1. The van der Waals surface area contributed by atoms with Crippen molar-refractivity contribution in [1.29, 1.82) is 0 Å². The first-order chi connectivity index (χ1) is 25.9. The number of allylic oxidation sites excluding steroid dienone is 5. The standard InChI is InChI=1S/C46H85NO6/c1-6-8-10-12-13-14-15-16-17-18-19-20-24-27-30-34-40-50-42-45(53-46(49)51-41-35-39-47(4)5)38-33-29-26-23-21-22-25-28-32-37-44(52-43(3)48)36-31-11-9-7-2/h13-14,16-17,28,32,44-45H,6-12,15,18-27,29-31,33-42H2,1-5H3/b14-13-,17-16-,32-28-/t44-,45?/m1/s1. The Morgan fingerprint density at radius 3 is 1.66 bits per heavy atom. The fourth-order valence-electron chi connectivity index (χ4n) is 6.26. The van der Waals surface area contributed by atoms with Crippen LogP contribution in [-0.2, 0) is 23.7 Å². The second-order valence-electron chi connectivity index (χ2n) is 15.1. The summed E-state index contributed by atoms with van der Waals surface area (Å²) in [4.78, 5) is 25.9. The smallest absolute Gasteiger partial charge is 0.462 e. The molecule has 0 saturated carbocycles. The number of hydrogen-bond donors (Lipinski definition) is 0. The fourth-order valence-corrected chi connectivity index (χ4v) is 6.26. The second kappa shape index (κ2) is 41.1. The molecule has 0 amide bonds. The Balaban J connectivity index is 4.17. The number of esters is 1. The van der Waals surface area contributed by atoms with Crippen molar-refractivity contribution >= 4 is 12.1 Å². The van der Waals surface area contributed by atoms with Crippen LogP contribution in [0.5, 0.6) is 0 Å². The van der Waals surface area contributed by atoms with Gasteiger partial charge in [0.2, 0.25) is 0 Å². The molecule has 0 aliphatic rings. The van der Waals surface area contributed by atoms with Crippen molar-refractivity contribution in [3.63, 3.8) is 0 Å². The molecule has 0 spiro atoms. The van der Waals surface area contributed by atoms with Gasteiger partial charge in [0.15, 0.2) is 0 Å². The lowest BCUT2D eigenvalue weighted by atomic mass is 10.0. The molecule has 0 fully saturated rings. The van der Waals surface area contributed by atoms with Gasteiger partial charge in [-0.05, 0) is 97.6 Å². The molecule has 1 unspecified atom stereocenters. The van der Waals surface area contributed by atoms with Crippen molar-refractivity contribution in [3.8, 4) is 0 Å². The van der Waals surface area contributed by atoms with Crippen molar-refractivity contribution in [2.24, 2.45) is 0 Å². The van der Waals surface area contributed by atoms with Crippen LogP contribution < -0.4 is 0 Å². The Labute approximate surface area is 328 Å². The van der Waals surface area contributed by atoms with Crippen LogP contribution >= 0.6 is 0 Å². The zero-order valence-corrected chi connectivity index (χ0v) is 35.4. The Morgan fingerprint density at radius 1 is 0.547 bits per heavy atom. The Hall–Kier alpha value is -2.12. The van der Waals surface area contributed by atoms with E-state index in [9.17, 15) is 9.59 Å². The van der Waals surface area contributed by atoms with E-state index in [1.54, 1.807) is 0 Å². The molecule has 7 heteroatoms. The van der Waals surface area contributed by atoms with Gasteiger partial charge in [-0.1, -0.05) is 134 Å². The number of rotatable bonds is 39. The van der Waals surface area contributed by atoms with E-state index in [4.69, 9.17) is 18.9 Å². The summed E-state index contributed by atoms with van der Waals surface area (Å²) >= 11 is 0. The third-order valence-corrected chi connectivity index (χ3v) is 9.45. The molecule has 2 atom stereocenters. The Kier molecular flexibility index (Phi) is 39.4. The van der Waals surface area contributed by atoms with E-state index >= 15 is 0 Å². The molecular weight excluding hydrogens is 663 g/mol. The van der Waals surface area contributed by atoms with Crippen molar-refractivity contribution in [3.05, 3.63) is 36.5 Å². The molecule has 0 aromatic rings. The highest BCUT2D eigenvalue weighted by Gasteiger charge is 2.16. The molecule has 0 N–H and O–H groups in total. The maximum Gasteiger partial charge on any atom is 0.508 e. The van der Waals surface area contributed by atoms with Crippen molar-refractivity contribution in [1.82, 2.24) is 4.90 Å². The first-order valence-corrected chi connectivity index (χ1v) is 22.1. The SMILES string of the molecule is CCCCC/C=C\C/C=C\CCCCCCCCOCC(CCCCCCCC/C=C\C[C@@H](CCCCCC)OC(C)=O)OC(=O)OCCCN(C)C. The van der Waals surface area contributed by atoms with Crippen molar-refractivity contribution < 1.29 is 28.5 Å². The molecule has 0 aliphatic carbocycles. The summed E-state index contributed by atoms with van der Waals surface area (Å²) < 4.78 is 22.5. The summed E-state index contributed by atoms with van der Waals surface area (Å²) in [5.41, 5.74) is 0. The molecule has 0 radical (unpaired) electrons. The fraction of sp³-hybridized carbons (Fsp3) is 0.826. The lowest BCUT2D eigenvalue weighted by molar-refractivity contribution is -0.146. The van der Waals surface area contributed by atoms with E-state index in [0.29, 0.717) is 19.8 Å². The lowest BCUT2D eigenvalue weighted by Gasteiger charge is -2.18. The molecule has 0 aliphatic heterocycles. The van der Waals surface area contributed by atoms with E-state index in [2.05, 4.69) is 55.2 Å². The van der Waals surface area contributed by atoms with Gasteiger partial charge in [-0.2, -0.15) is 0 Å². The van der Waals surface area contributed by atoms with Crippen LogP contribution in [0, 0.1) is 0 Å². The van der Waals surface area contributed by atoms with E-state index < -0.39 is 6.16 Å². The number of hydrogen-bond acceptors (Lipinski definition) is 7. The number of ether oxygens (including phenoxy) is 4. The minimum absolute atomic E-state index is 0.0132. The van der Waals surface area contributed by atoms with Gasteiger partial charge in [0, 0.05) is 26.5 Å². The highest BCUT2D eigenvalue weighted by Crippen LogP contribution is 2.16. The quantitative estimate of drug-likeness (QED) is 0.0352. The van der Waals surface area contributed by atoms with Crippen molar-refractivity contribution in [2.75, 3.05) is 40.5 Å². The average molecular weight is 748 g/mol. The minimum Gasteiger partial charge on any atom is -0.462 e. The third kappa shape index (κ3) is 40.9. The first kappa shape index (κ1) is 50.9. The van der Waals surface area contributed by atoms with Gasteiger partial charge >= 0.3 is 12.1 Å². The van der Waals surface area contributed by atoms with Gasteiger partial charge in [0.1, 0.15) is 12.2 Å². The van der Waals surface area contributed by atoms with Crippen LogP contribution in [0.4, 0.5) is 4.79 Å². The van der Waals surface area contributed by atoms with Crippen LogP contribution in [0.1, 0.15) is 194 Å². The van der Waals surface area contributed by atoms with E-state index in [1.807, 2.05) is 14.1 Å². The summed E-state index contributed by atoms with van der Waals surface area (Å²) in [7, 11) is 4.03. The first-order valence-electron chi connectivity index (χ1n) is 22.1. The van der Waals surface area contributed by atoms with Crippen molar-refractivity contribution in [2.45, 2.75) is 206 Å². The van der Waals surface area contributed by atoms with Gasteiger partial charge in [0.25, 0.3) is 0 Å². The van der Waals surface area contributed by atoms with Gasteiger partial charge in [-0.15, -0.1) is 0 Å². The number of carbonyl (C=O) groups is 2. The topological polar surface area (TPSA) is 74.3 Å². The summed E-state index contributed by atoms with van der Waals surface area (Å²) in [5, 5.41) is 0. The molecule has 0 bridgehead atoms. The zero-order valence-electron chi connectivity index (χ0n) is 35.4. The van der Waals surface area contributed by atoms with Gasteiger partial charge in [-0.3, -0.25) is 4.79 Å². The minimum atomic E-state index is -0.574. The Morgan fingerprint density at radius 2 is 1.06 bits per heavy atom. The molecule has 0 aromatic carbocycles. The molecule has 0 aromatic heterocycles. The maximum absolute atomic E-state index is 12.4. The van der Waals surface area contributed by atoms with Gasteiger partial charge in [0.05, 0.1) is 13.2 Å².